The minimum Gasteiger partial charge on any atom is -0.467 e. The van der Waals surface area contributed by atoms with Crippen molar-refractivity contribution < 1.29 is 23.5 Å². The Bertz CT molecular complexity index is 621. The molecule has 1 aliphatic carbocycles. The fourth-order valence-electron chi connectivity index (χ4n) is 3.22. The van der Waals surface area contributed by atoms with Gasteiger partial charge in [-0.15, -0.1) is 0 Å². The fourth-order valence-corrected chi connectivity index (χ4v) is 3.22. The van der Waals surface area contributed by atoms with Gasteiger partial charge < -0.3 is 24.5 Å². The highest BCUT2D eigenvalue weighted by atomic mass is 16.6. The van der Waals surface area contributed by atoms with Crippen LogP contribution in [0.15, 0.2) is 22.8 Å². The standard InChI is InChI=1S/C21H34N2O5/c1-14(2)12-26-13-17(18-7-6-10-27-18)23-19(24)15-8-9-16(11-15)22-20(25)28-21(3,4)5/h6-7,10,14-17H,8-9,11-13H2,1-5H3,(H,22,25)(H,23,24)/t15-,16-,17+/m1/s1. The van der Waals surface area contributed by atoms with Gasteiger partial charge >= 0.3 is 6.09 Å². The van der Waals surface area contributed by atoms with Crippen molar-refractivity contribution in [1.82, 2.24) is 10.6 Å². The molecule has 2 rings (SSSR count). The van der Waals surface area contributed by atoms with Crippen LogP contribution in [0.4, 0.5) is 4.79 Å². The van der Waals surface area contributed by atoms with Crippen LogP contribution in [-0.4, -0.2) is 36.9 Å². The first-order valence-electron chi connectivity index (χ1n) is 10.0. The van der Waals surface area contributed by atoms with Crippen LogP contribution in [0.25, 0.3) is 0 Å². The van der Waals surface area contributed by atoms with Gasteiger partial charge in [0.1, 0.15) is 17.4 Å². The summed E-state index contributed by atoms with van der Waals surface area (Å²) in [7, 11) is 0. The molecule has 0 aliphatic heterocycles. The molecule has 1 saturated carbocycles. The molecule has 0 radical (unpaired) electrons. The average Bonchev–Trinajstić information content (AvgIpc) is 3.23. The summed E-state index contributed by atoms with van der Waals surface area (Å²) in [4.78, 5) is 24.7. The van der Waals surface area contributed by atoms with Crippen molar-refractivity contribution in [1.29, 1.82) is 0 Å². The Morgan fingerprint density at radius 3 is 2.61 bits per heavy atom. The Balaban J connectivity index is 1.85. The molecule has 28 heavy (non-hydrogen) atoms. The second-order valence-electron chi connectivity index (χ2n) is 8.86. The SMILES string of the molecule is CC(C)COC[C@H](NC(=O)[C@@H]1CC[C@@H](NC(=O)OC(C)(C)C)C1)c1ccco1. The number of furan rings is 1. The first-order valence-corrected chi connectivity index (χ1v) is 10.0. The van der Waals surface area contributed by atoms with Gasteiger partial charge in [0.05, 0.1) is 12.9 Å². The molecule has 1 aromatic heterocycles. The number of nitrogens with one attached hydrogen (secondary N) is 2. The van der Waals surface area contributed by atoms with E-state index in [0.29, 0.717) is 31.3 Å². The highest BCUT2D eigenvalue weighted by molar-refractivity contribution is 5.79. The predicted molar refractivity (Wildman–Crippen MR) is 106 cm³/mol. The van der Waals surface area contributed by atoms with Gasteiger partial charge in [0.25, 0.3) is 0 Å². The summed E-state index contributed by atoms with van der Waals surface area (Å²) in [5, 5.41) is 5.91. The topological polar surface area (TPSA) is 89.8 Å². The van der Waals surface area contributed by atoms with Gasteiger partial charge in [-0.3, -0.25) is 4.79 Å². The van der Waals surface area contributed by atoms with Gasteiger partial charge in [0.2, 0.25) is 5.91 Å². The van der Waals surface area contributed by atoms with Gasteiger partial charge in [-0.05, 0) is 58.1 Å². The Morgan fingerprint density at radius 1 is 1.25 bits per heavy atom. The molecule has 1 aromatic rings. The highest BCUT2D eigenvalue weighted by Gasteiger charge is 2.33. The lowest BCUT2D eigenvalue weighted by molar-refractivity contribution is -0.126. The molecule has 0 aromatic carbocycles. The molecule has 2 amide bonds. The molecule has 158 valence electrons. The predicted octanol–water partition coefficient (Wildman–Crippen LogP) is 3.80. The summed E-state index contributed by atoms with van der Waals surface area (Å²) in [6.07, 6.45) is 3.24. The summed E-state index contributed by atoms with van der Waals surface area (Å²) < 4.78 is 16.5. The second-order valence-corrected chi connectivity index (χ2v) is 8.86. The maximum Gasteiger partial charge on any atom is 0.407 e. The lowest BCUT2D eigenvalue weighted by Crippen LogP contribution is -2.39. The molecular weight excluding hydrogens is 360 g/mol. The summed E-state index contributed by atoms with van der Waals surface area (Å²) in [5.41, 5.74) is -0.536. The van der Waals surface area contributed by atoms with E-state index in [4.69, 9.17) is 13.9 Å². The van der Waals surface area contributed by atoms with Crippen LogP contribution in [0, 0.1) is 11.8 Å². The molecule has 0 unspecified atom stereocenters. The molecule has 0 saturated heterocycles. The van der Waals surface area contributed by atoms with Crippen LogP contribution in [0.2, 0.25) is 0 Å². The van der Waals surface area contributed by atoms with E-state index in [2.05, 4.69) is 24.5 Å². The minimum absolute atomic E-state index is 0.0389. The van der Waals surface area contributed by atoms with Gasteiger partial charge in [-0.1, -0.05) is 13.8 Å². The monoisotopic (exact) mass is 394 g/mol. The summed E-state index contributed by atoms with van der Waals surface area (Å²) in [6.45, 7) is 10.6. The minimum atomic E-state index is -0.536. The van der Waals surface area contributed by atoms with E-state index >= 15 is 0 Å². The maximum absolute atomic E-state index is 12.8. The number of amides is 2. The van der Waals surface area contributed by atoms with Crippen molar-refractivity contribution in [2.75, 3.05) is 13.2 Å². The molecule has 2 N–H and O–H groups in total. The van der Waals surface area contributed by atoms with Crippen molar-refractivity contribution in [3.05, 3.63) is 24.2 Å². The Kier molecular flexibility index (Phi) is 7.92. The zero-order chi connectivity index (χ0) is 20.7. The van der Waals surface area contributed by atoms with E-state index in [1.54, 1.807) is 12.3 Å². The van der Waals surface area contributed by atoms with Crippen molar-refractivity contribution in [3.8, 4) is 0 Å². The maximum atomic E-state index is 12.8. The number of hydrogen-bond acceptors (Lipinski definition) is 5. The molecule has 1 fully saturated rings. The van der Waals surface area contributed by atoms with Crippen LogP contribution in [-0.2, 0) is 14.3 Å². The number of ether oxygens (including phenoxy) is 2. The number of rotatable bonds is 8. The third kappa shape index (κ3) is 7.54. The summed E-state index contributed by atoms with van der Waals surface area (Å²) in [6, 6.07) is 3.27. The smallest absolute Gasteiger partial charge is 0.407 e. The normalized spacial score (nSPS) is 20.8. The molecule has 1 aliphatic rings. The number of carbonyl (C=O) groups is 2. The molecule has 7 nitrogen and oxygen atoms in total. The first-order chi connectivity index (χ1) is 13.1. The van der Waals surface area contributed by atoms with Gasteiger partial charge in [0, 0.05) is 18.6 Å². The van der Waals surface area contributed by atoms with Crippen molar-refractivity contribution >= 4 is 12.0 Å². The van der Waals surface area contributed by atoms with Crippen LogP contribution in [0.5, 0.6) is 0 Å². The fraction of sp³-hybridized carbons (Fsp3) is 0.714. The van der Waals surface area contributed by atoms with Gasteiger partial charge in [-0.2, -0.15) is 0 Å². The van der Waals surface area contributed by atoms with Crippen molar-refractivity contribution in [2.45, 2.75) is 71.6 Å². The lowest BCUT2D eigenvalue weighted by atomic mass is 10.1. The van der Waals surface area contributed by atoms with E-state index in [9.17, 15) is 9.59 Å². The first kappa shape index (κ1) is 22.3. The van der Waals surface area contributed by atoms with Crippen LogP contribution >= 0.6 is 0 Å². The second kappa shape index (κ2) is 9.96. The third-order valence-electron chi connectivity index (χ3n) is 4.46. The van der Waals surface area contributed by atoms with Crippen LogP contribution < -0.4 is 10.6 Å². The molecule has 1 heterocycles. The largest absolute Gasteiger partial charge is 0.467 e. The van der Waals surface area contributed by atoms with Gasteiger partial charge in [-0.25, -0.2) is 4.79 Å². The van der Waals surface area contributed by atoms with E-state index in [0.717, 1.165) is 12.8 Å². The average molecular weight is 395 g/mol. The number of alkyl carbamates (subject to hydrolysis) is 1. The van der Waals surface area contributed by atoms with Gasteiger partial charge in [0.15, 0.2) is 0 Å². The van der Waals surface area contributed by atoms with Crippen molar-refractivity contribution in [3.63, 3.8) is 0 Å². The quantitative estimate of drug-likeness (QED) is 0.700. The molecule has 3 atom stereocenters. The Hall–Kier alpha value is -2.02. The van der Waals surface area contributed by atoms with E-state index in [1.807, 2.05) is 26.8 Å². The van der Waals surface area contributed by atoms with E-state index in [1.165, 1.54) is 0 Å². The van der Waals surface area contributed by atoms with E-state index < -0.39 is 11.7 Å². The zero-order valence-electron chi connectivity index (χ0n) is 17.6. The van der Waals surface area contributed by atoms with Crippen molar-refractivity contribution in [2.24, 2.45) is 11.8 Å². The molecular formula is C21H34N2O5. The summed E-state index contributed by atoms with van der Waals surface area (Å²) in [5.74, 6) is 0.909. The third-order valence-corrected chi connectivity index (χ3v) is 4.46. The number of carbonyl (C=O) groups excluding carboxylic acids is 2. The number of hydrogen-bond donors (Lipinski definition) is 2. The van der Waals surface area contributed by atoms with E-state index in [-0.39, 0.29) is 23.9 Å². The molecule has 7 heteroatoms. The van der Waals surface area contributed by atoms with Crippen LogP contribution in [0.3, 0.4) is 0 Å². The zero-order valence-corrected chi connectivity index (χ0v) is 17.6. The Morgan fingerprint density at radius 2 is 2.00 bits per heavy atom. The lowest BCUT2D eigenvalue weighted by Gasteiger charge is -2.22. The summed E-state index contributed by atoms with van der Waals surface area (Å²) >= 11 is 0. The highest BCUT2D eigenvalue weighted by Crippen LogP contribution is 2.27. The molecule has 0 spiro atoms. The molecule has 0 bridgehead atoms. The Labute approximate surface area is 167 Å². The van der Waals surface area contributed by atoms with Crippen LogP contribution in [0.1, 0.15) is 65.7 Å².